The number of aryl methyl sites for hydroxylation is 3. The van der Waals surface area contributed by atoms with Gasteiger partial charge in [-0.25, -0.2) is 4.98 Å². The third-order valence-corrected chi connectivity index (χ3v) is 3.10. The topological polar surface area (TPSA) is 61.3 Å². The van der Waals surface area contributed by atoms with Crippen LogP contribution in [0.3, 0.4) is 0 Å². The number of methoxy groups -OCH3 is 1. The van der Waals surface area contributed by atoms with Crippen LogP contribution in [0.5, 0.6) is 5.75 Å². The Kier molecular flexibility index (Phi) is 4.58. The highest BCUT2D eigenvalue weighted by molar-refractivity contribution is 5.27. The van der Waals surface area contributed by atoms with Crippen LogP contribution in [0.25, 0.3) is 0 Å². The van der Waals surface area contributed by atoms with Crippen LogP contribution in [-0.2, 0) is 19.3 Å². The van der Waals surface area contributed by atoms with Crippen molar-refractivity contribution < 1.29 is 9.15 Å². The average Bonchev–Trinajstić information content (AvgIpc) is 2.78. The summed E-state index contributed by atoms with van der Waals surface area (Å²) in [6.07, 6.45) is 2.49. The zero-order valence-corrected chi connectivity index (χ0v) is 11.5. The van der Waals surface area contributed by atoms with Gasteiger partial charge in [0.1, 0.15) is 11.5 Å². The van der Waals surface area contributed by atoms with E-state index in [0.29, 0.717) is 6.54 Å². The second-order valence-electron chi connectivity index (χ2n) is 4.50. The van der Waals surface area contributed by atoms with E-state index in [9.17, 15) is 0 Å². The van der Waals surface area contributed by atoms with Crippen molar-refractivity contribution in [1.29, 1.82) is 0 Å². The molecule has 19 heavy (non-hydrogen) atoms. The standard InChI is InChI=1S/C15H20N2O2/c1-11-14(9-10-16)17-15(19-11)8-5-12-3-6-13(18-2)7-4-12/h3-4,6-7H,5,8-10,16H2,1-2H3. The number of nitrogens with two attached hydrogens (primary N) is 1. The van der Waals surface area contributed by atoms with Gasteiger partial charge in [-0.05, 0) is 37.6 Å². The second kappa shape index (κ2) is 6.38. The molecule has 0 spiro atoms. The van der Waals surface area contributed by atoms with Crippen molar-refractivity contribution in [2.45, 2.75) is 26.2 Å². The number of benzene rings is 1. The van der Waals surface area contributed by atoms with Crippen LogP contribution in [0, 0.1) is 6.92 Å². The van der Waals surface area contributed by atoms with Crippen LogP contribution < -0.4 is 10.5 Å². The van der Waals surface area contributed by atoms with Crippen LogP contribution in [-0.4, -0.2) is 18.6 Å². The summed E-state index contributed by atoms with van der Waals surface area (Å²) < 4.78 is 10.8. The van der Waals surface area contributed by atoms with Crippen LogP contribution in [0.1, 0.15) is 22.9 Å². The molecule has 1 aromatic carbocycles. The van der Waals surface area contributed by atoms with E-state index in [1.54, 1.807) is 7.11 Å². The number of nitrogens with zero attached hydrogens (tertiary/aromatic N) is 1. The van der Waals surface area contributed by atoms with Gasteiger partial charge < -0.3 is 14.9 Å². The molecule has 0 unspecified atom stereocenters. The van der Waals surface area contributed by atoms with Crippen molar-refractivity contribution in [2.75, 3.05) is 13.7 Å². The Hall–Kier alpha value is -1.81. The first-order valence-corrected chi connectivity index (χ1v) is 6.51. The highest BCUT2D eigenvalue weighted by Crippen LogP contribution is 2.15. The molecule has 0 atom stereocenters. The minimum Gasteiger partial charge on any atom is -0.497 e. The summed E-state index contributed by atoms with van der Waals surface area (Å²) in [6.45, 7) is 2.54. The van der Waals surface area contributed by atoms with Gasteiger partial charge in [0.05, 0.1) is 12.8 Å². The van der Waals surface area contributed by atoms with Gasteiger partial charge in [-0.2, -0.15) is 0 Å². The molecule has 0 amide bonds. The smallest absolute Gasteiger partial charge is 0.194 e. The maximum absolute atomic E-state index is 5.64. The minimum absolute atomic E-state index is 0.602. The number of rotatable bonds is 6. The summed E-state index contributed by atoms with van der Waals surface area (Å²) in [6, 6.07) is 8.07. The average molecular weight is 260 g/mol. The first-order valence-electron chi connectivity index (χ1n) is 6.51. The van der Waals surface area contributed by atoms with Crippen molar-refractivity contribution in [2.24, 2.45) is 5.73 Å². The highest BCUT2D eigenvalue weighted by atomic mass is 16.5. The molecule has 1 aromatic heterocycles. The van der Waals surface area contributed by atoms with Crippen molar-refractivity contribution in [1.82, 2.24) is 4.98 Å². The Morgan fingerprint density at radius 3 is 2.53 bits per heavy atom. The molecule has 4 heteroatoms. The fourth-order valence-electron chi connectivity index (χ4n) is 2.01. The van der Waals surface area contributed by atoms with E-state index in [1.807, 2.05) is 19.1 Å². The van der Waals surface area contributed by atoms with Gasteiger partial charge >= 0.3 is 0 Å². The summed E-state index contributed by atoms with van der Waals surface area (Å²) >= 11 is 0. The van der Waals surface area contributed by atoms with Crippen molar-refractivity contribution in [3.8, 4) is 5.75 Å². The molecule has 2 N–H and O–H groups in total. The largest absolute Gasteiger partial charge is 0.497 e. The molecule has 0 radical (unpaired) electrons. The number of aromatic nitrogens is 1. The third kappa shape index (κ3) is 3.58. The predicted molar refractivity (Wildman–Crippen MR) is 74.4 cm³/mol. The van der Waals surface area contributed by atoms with Gasteiger partial charge in [-0.1, -0.05) is 12.1 Å². The van der Waals surface area contributed by atoms with Crippen LogP contribution >= 0.6 is 0 Å². The lowest BCUT2D eigenvalue weighted by Gasteiger charge is -2.01. The molecular weight excluding hydrogens is 240 g/mol. The van der Waals surface area contributed by atoms with Crippen molar-refractivity contribution in [3.05, 3.63) is 47.2 Å². The van der Waals surface area contributed by atoms with E-state index in [0.717, 1.165) is 42.4 Å². The molecule has 0 bridgehead atoms. The van der Waals surface area contributed by atoms with Crippen LogP contribution in [0.15, 0.2) is 28.7 Å². The number of hydrogen-bond acceptors (Lipinski definition) is 4. The van der Waals surface area contributed by atoms with E-state index >= 15 is 0 Å². The molecule has 1 heterocycles. The van der Waals surface area contributed by atoms with Gasteiger partial charge in [0.2, 0.25) is 0 Å². The monoisotopic (exact) mass is 260 g/mol. The quantitative estimate of drug-likeness (QED) is 0.865. The van der Waals surface area contributed by atoms with Gasteiger partial charge in [0, 0.05) is 12.8 Å². The SMILES string of the molecule is COc1ccc(CCc2nc(CCN)c(C)o2)cc1. The van der Waals surface area contributed by atoms with Gasteiger partial charge in [0.25, 0.3) is 0 Å². The molecule has 0 aliphatic rings. The first kappa shape index (κ1) is 13.6. The molecule has 0 aliphatic heterocycles. The second-order valence-corrected chi connectivity index (χ2v) is 4.50. The van der Waals surface area contributed by atoms with Gasteiger partial charge in [-0.3, -0.25) is 0 Å². The summed E-state index contributed by atoms with van der Waals surface area (Å²) in [4.78, 5) is 4.48. The summed E-state index contributed by atoms with van der Waals surface area (Å²) in [5.41, 5.74) is 7.76. The van der Waals surface area contributed by atoms with E-state index in [4.69, 9.17) is 14.9 Å². The van der Waals surface area contributed by atoms with Crippen molar-refractivity contribution >= 4 is 0 Å². The zero-order chi connectivity index (χ0) is 13.7. The Morgan fingerprint density at radius 2 is 1.89 bits per heavy atom. The Morgan fingerprint density at radius 1 is 1.16 bits per heavy atom. The molecule has 0 saturated carbocycles. The Labute approximate surface area is 113 Å². The lowest BCUT2D eigenvalue weighted by Crippen LogP contribution is -2.04. The summed E-state index contributed by atoms with van der Waals surface area (Å²) in [5, 5.41) is 0. The lowest BCUT2D eigenvalue weighted by molar-refractivity contribution is 0.414. The Balaban J connectivity index is 1.95. The molecule has 0 fully saturated rings. The molecule has 2 aromatic rings. The molecular formula is C15H20N2O2. The number of ether oxygens (including phenoxy) is 1. The predicted octanol–water partition coefficient (Wildman–Crippen LogP) is 2.28. The third-order valence-electron chi connectivity index (χ3n) is 3.10. The molecule has 0 saturated heterocycles. The fraction of sp³-hybridized carbons (Fsp3) is 0.400. The fourth-order valence-corrected chi connectivity index (χ4v) is 2.01. The van der Waals surface area contributed by atoms with Crippen molar-refractivity contribution in [3.63, 3.8) is 0 Å². The Bertz CT molecular complexity index is 517. The van der Waals surface area contributed by atoms with Gasteiger partial charge in [-0.15, -0.1) is 0 Å². The summed E-state index contributed by atoms with van der Waals surface area (Å²) in [7, 11) is 1.67. The van der Waals surface area contributed by atoms with E-state index in [-0.39, 0.29) is 0 Å². The molecule has 0 aliphatic carbocycles. The number of oxazole rings is 1. The maximum atomic E-state index is 5.64. The van der Waals surface area contributed by atoms with E-state index in [2.05, 4.69) is 17.1 Å². The summed E-state index contributed by atoms with van der Waals surface area (Å²) in [5.74, 6) is 2.55. The highest BCUT2D eigenvalue weighted by Gasteiger charge is 2.08. The normalized spacial score (nSPS) is 10.7. The van der Waals surface area contributed by atoms with Crippen LogP contribution in [0.2, 0.25) is 0 Å². The van der Waals surface area contributed by atoms with E-state index < -0.39 is 0 Å². The minimum atomic E-state index is 0.602. The first-order chi connectivity index (χ1) is 9.22. The number of hydrogen-bond donors (Lipinski definition) is 1. The maximum Gasteiger partial charge on any atom is 0.194 e. The molecule has 4 nitrogen and oxygen atoms in total. The lowest BCUT2D eigenvalue weighted by atomic mass is 10.1. The molecule has 102 valence electrons. The van der Waals surface area contributed by atoms with E-state index in [1.165, 1.54) is 5.56 Å². The van der Waals surface area contributed by atoms with Gasteiger partial charge in [0.15, 0.2) is 5.89 Å². The molecule has 2 rings (SSSR count). The van der Waals surface area contributed by atoms with Crippen LogP contribution in [0.4, 0.5) is 0 Å². The zero-order valence-electron chi connectivity index (χ0n) is 11.5.